The normalized spacial score (nSPS) is 12.9. The van der Waals surface area contributed by atoms with Crippen molar-refractivity contribution in [3.05, 3.63) is 11.7 Å². The monoisotopic (exact) mass is 311 g/mol. The van der Waals surface area contributed by atoms with Crippen molar-refractivity contribution < 1.29 is 19.2 Å². The van der Waals surface area contributed by atoms with Crippen molar-refractivity contribution in [1.29, 1.82) is 0 Å². The maximum Gasteiger partial charge on any atom is 0.303 e. The fourth-order valence-electron chi connectivity index (χ4n) is 1.82. The first-order valence-corrected chi connectivity index (χ1v) is 7.52. The van der Waals surface area contributed by atoms with E-state index in [1.165, 1.54) is 0 Å². The third-order valence-corrected chi connectivity index (χ3v) is 3.13. The first-order valence-electron chi connectivity index (χ1n) is 7.52. The Morgan fingerprint density at radius 1 is 1.32 bits per heavy atom. The van der Waals surface area contributed by atoms with Gasteiger partial charge in [0.2, 0.25) is 11.8 Å². The van der Waals surface area contributed by atoms with E-state index in [9.17, 15) is 9.59 Å². The predicted octanol–water partition coefficient (Wildman–Crippen LogP) is 2.06. The van der Waals surface area contributed by atoms with Gasteiger partial charge in [0.05, 0.1) is 0 Å². The van der Waals surface area contributed by atoms with Crippen LogP contribution in [0.5, 0.6) is 0 Å². The summed E-state index contributed by atoms with van der Waals surface area (Å²) >= 11 is 0. The molecule has 0 aliphatic rings. The van der Waals surface area contributed by atoms with Crippen molar-refractivity contribution in [3.8, 4) is 0 Å². The molecule has 0 spiro atoms. The van der Waals surface area contributed by atoms with Gasteiger partial charge in [-0.25, -0.2) is 0 Å². The van der Waals surface area contributed by atoms with Crippen molar-refractivity contribution in [2.45, 2.75) is 71.3 Å². The minimum absolute atomic E-state index is 0.0546. The number of carbonyl (C=O) groups excluding carboxylic acids is 1. The maximum absolute atomic E-state index is 11.7. The largest absolute Gasteiger partial charge is 0.481 e. The van der Waals surface area contributed by atoms with Crippen LogP contribution in [0.15, 0.2) is 4.52 Å². The predicted molar refractivity (Wildman–Crippen MR) is 80.4 cm³/mol. The zero-order chi connectivity index (χ0) is 16.8. The first kappa shape index (κ1) is 18.1. The van der Waals surface area contributed by atoms with Crippen LogP contribution in [0.3, 0.4) is 0 Å². The molecule has 7 nitrogen and oxygen atoms in total. The van der Waals surface area contributed by atoms with Gasteiger partial charge in [-0.15, -0.1) is 0 Å². The summed E-state index contributed by atoms with van der Waals surface area (Å²) in [7, 11) is 0. The summed E-state index contributed by atoms with van der Waals surface area (Å²) in [6.07, 6.45) is 2.01. The Morgan fingerprint density at radius 3 is 2.55 bits per heavy atom. The van der Waals surface area contributed by atoms with Crippen LogP contribution in [0, 0.1) is 0 Å². The molecule has 0 saturated carbocycles. The van der Waals surface area contributed by atoms with E-state index >= 15 is 0 Å². The highest BCUT2D eigenvalue weighted by molar-refractivity contribution is 5.76. The van der Waals surface area contributed by atoms with Gasteiger partial charge in [-0.3, -0.25) is 9.59 Å². The number of carboxylic acid groups (broad SMARTS) is 1. The summed E-state index contributed by atoms with van der Waals surface area (Å²) in [5, 5.41) is 15.3. The van der Waals surface area contributed by atoms with Crippen molar-refractivity contribution >= 4 is 11.9 Å². The molecule has 0 aliphatic carbocycles. The smallest absolute Gasteiger partial charge is 0.303 e. The molecule has 0 bridgehead atoms. The van der Waals surface area contributed by atoms with Gasteiger partial charge in [0.15, 0.2) is 5.82 Å². The van der Waals surface area contributed by atoms with Crippen molar-refractivity contribution in [3.63, 3.8) is 0 Å². The number of aliphatic carboxylic acids is 1. The van der Waals surface area contributed by atoms with Gasteiger partial charge >= 0.3 is 5.97 Å². The van der Waals surface area contributed by atoms with Gasteiger partial charge in [-0.1, -0.05) is 25.9 Å². The van der Waals surface area contributed by atoms with Crippen LogP contribution < -0.4 is 5.32 Å². The number of hydrogen-bond acceptors (Lipinski definition) is 5. The van der Waals surface area contributed by atoms with Crippen LogP contribution in [0.25, 0.3) is 0 Å². The average Bonchev–Trinajstić information content (AvgIpc) is 2.85. The Bertz CT molecular complexity index is 505. The van der Waals surface area contributed by atoms with E-state index in [2.05, 4.69) is 15.5 Å². The van der Waals surface area contributed by atoms with E-state index in [1.54, 1.807) is 6.92 Å². The van der Waals surface area contributed by atoms with Crippen LogP contribution in [-0.2, 0) is 21.4 Å². The van der Waals surface area contributed by atoms with E-state index in [-0.39, 0.29) is 23.8 Å². The zero-order valence-corrected chi connectivity index (χ0v) is 13.7. The molecule has 0 aromatic carbocycles. The highest BCUT2D eigenvalue weighted by atomic mass is 16.5. The van der Waals surface area contributed by atoms with Gasteiger partial charge < -0.3 is 14.9 Å². The van der Waals surface area contributed by atoms with E-state index in [0.29, 0.717) is 37.4 Å². The number of aryl methyl sites for hydroxylation is 1. The molecule has 7 heteroatoms. The molecular formula is C15H25N3O4. The Kier molecular flexibility index (Phi) is 6.52. The van der Waals surface area contributed by atoms with Crippen LogP contribution in [0.4, 0.5) is 0 Å². The second-order valence-corrected chi connectivity index (χ2v) is 6.52. The summed E-state index contributed by atoms with van der Waals surface area (Å²) in [5.74, 6) is 0.256. The van der Waals surface area contributed by atoms with Crippen LogP contribution in [0.1, 0.15) is 65.1 Å². The van der Waals surface area contributed by atoms with E-state index in [0.717, 1.165) is 0 Å². The summed E-state index contributed by atoms with van der Waals surface area (Å²) in [6, 6.07) is -0.139. The van der Waals surface area contributed by atoms with Gasteiger partial charge in [0.25, 0.3) is 0 Å². The Hall–Kier alpha value is -1.92. The standard InChI is InChI=1S/C15H25N3O4/c1-10(8-9-13(20)21)16-11(19)6-5-7-12-17-14(18-22-12)15(2,3)4/h10H,5-9H2,1-4H3,(H,16,19)(H,20,21). The number of carboxylic acids is 1. The molecule has 0 saturated heterocycles. The minimum atomic E-state index is -0.854. The molecule has 0 fully saturated rings. The van der Waals surface area contributed by atoms with Gasteiger partial charge in [-0.2, -0.15) is 4.98 Å². The van der Waals surface area contributed by atoms with E-state index in [4.69, 9.17) is 9.63 Å². The lowest BCUT2D eigenvalue weighted by molar-refractivity contribution is -0.137. The van der Waals surface area contributed by atoms with Crippen LogP contribution >= 0.6 is 0 Å². The average molecular weight is 311 g/mol. The fraction of sp³-hybridized carbons (Fsp3) is 0.733. The molecule has 1 rings (SSSR count). The molecule has 1 aromatic rings. The molecule has 2 N–H and O–H groups in total. The SMILES string of the molecule is CC(CCC(=O)O)NC(=O)CCCc1nc(C(C)(C)C)no1. The van der Waals surface area contributed by atoms with E-state index in [1.807, 2.05) is 20.8 Å². The number of nitrogens with zero attached hydrogens (tertiary/aromatic N) is 2. The number of amides is 1. The van der Waals surface area contributed by atoms with Gasteiger partial charge in [-0.05, 0) is 19.8 Å². The third-order valence-electron chi connectivity index (χ3n) is 3.13. The Balaban J connectivity index is 2.27. The van der Waals surface area contributed by atoms with Crippen LogP contribution in [-0.4, -0.2) is 33.2 Å². The molecule has 0 aliphatic heterocycles. The summed E-state index contributed by atoms with van der Waals surface area (Å²) < 4.78 is 5.16. The molecule has 124 valence electrons. The minimum Gasteiger partial charge on any atom is -0.481 e. The fourth-order valence-corrected chi connectivity index (χ4v) is 1.82. The highest BCUT2D eigenvalue weighted by Gasteiger charge is 2.20. The lowest BCUT2D eigenvalue weighted by Gasteiger charge is -2.12. The second kappa shape index (κ2) is 7.91. The summed E-state index contributed by atoms with van der Waals surface area (Å²) in [4.78, 5) is 26.5. The van der Waals surface area contributed by atoms with Crippen molar-refractivity contribution in [2.24, 2.45) is 0 Å². The number of carbonyl (C=O) groups is 2. The van der Waals surface area contributed by atoms with Gasteiger partial charge in [0.1, 0.15) is 0 Å². The van der Waals surface area contributed by atoms with Crippen molar-refractivity contribution in [2.75, 3.05) is 0 Å². The number of hydrogen-bond donors (Lipinski definition) is 2. The quantitative estimate of drug-likeness (QED) is 0.761. The Morgan fingerprint density at radius 2 is 2.00 bits per heavy atom. The molecule has 1 unspecified atom stereocenters. The zero-order valence-electron chi connectivity index (χ0n) is 13.7. The summed E-state index contributed by atoms with van der Waals surface area (Å²) in [5.41, 5.74) is -0.154. The molecule has 1 amide bonds. The molecule has 22 heavy (non-hydrogen) atoms. The van der Waals surface area contributed by atoms with Gasteiger partial charge in [0, 0.05) is 30.7 Å². The number of nitrogens with one attached hydrogen (secondary N) is 1. The van der Waals surface area contributed by atoms with Crippen LogP contribution in [0.2, 0.25) is 0 Å². The number of aromatic nitrogens is 2. The maximum atomic E-state index is 11.7. The van der Waals surface area contributed by atoms with E-state index < -0.39 is 5.97 Å². The molecule has 1 atom stereocenters. The summed E-state index contributed by atoms with van der Waals surface area (Å²) in [6.45, 7) is 7.82. The Labute approximate surface area is 130 Å². The molecule has 1 heterocycles. The van der Waals surface area contributed by atoms with Crippen molar-refractivity contribution in [1.82, 2.24) is 15.5 Å². The highest BCUT2D eigenvalue weighted by Crippen LogP contribution is 2.18. The third kappa shape index (κ3) is 6.69. The molecule has 1 aromatic heterocycles. The molecule has 0 radical (unpaired) electrons. The number of rotatable bonds is 8. The first-order chi connectivity index (χ1) is 10.2. The second-order valence-electron chi connectivity index (χ2n) is 6.52. The lowest BCUT2D eigenvalue weighted by Crippen LogP contribution is -2.32. The lowest BCUT2D eigenvalue weighted by atomic mass is 9.96. The topological polar surface area (TPSA) is 105 Å². The molecular weight excluding hydrogens is 286 g/mol.